The van der Waals surface area contributed by atoms with Gasteiger partial charge in [-0.05, 0) is 31.2 Å². The number of anilines is 1. The monoisotopic (exact) mass is 318 g/mol. The summed E-state index contributed by atoms with van der Waals surface area (Å²) in [6.45, 7) is 0. The van der Waals surface area contributed by atoms with Gasteiger partial charge in [-0.25, -0.2) is 17.5 Å². The zero-order chi connectivity index (χ0) is 14.8. The number of nitrogen functional groups attached to an aromatic ring is 1. The second-order valence-corrected chi connectivity index (χ2v) is 7.67. The predicted octanol–water partition coefficient (Wildman–Crippen LogP) is 2.36. The van der Waals surface area contributed by atoms with Crippen LogP contribution in [-0.4, -0.2) is 26.0 Å². The number of nitrogens with one attached hydrogen (secondary N) is 1. The Hall–Kier alpha value is -0.790. The molecule has 0 bridgehead atoms. The number of halogens is 1. The molecule has 2 atom stereocenters. The summed E-state index contributed by atoms with van der Waals surface area (Å²) in [4.78, 5) is -0.439. The van der Waals surface area contributed by atoms with Gasteiger partial charge in [-0.2, -0.15) is 11.8 Å². The number of hydrogen-bond acceptors (Lipinski definition) is 4. The highest BCUT2D eigenvalue weighted by Gasteiger charge is 2.31. The summed E-state index contributed by atoms with van der Waals surface area (Å²) in [7, 11) is -3.93. The number of benzene rings is 1. The number of thioether (sulfide) groups is 1. The van der Waals surface area contributed by atoms with Crippen molar-refractivity contribution in [1.82, 2.24) is 4.72 Å². The smallest absolute Gasteiger partial charge is 0.245 e. The van der Waals surface area contributed by atoms with Gasteiger partial charge >= 0.3 is 0 Å². The summed E-state index contributed by atoms with van der Waals surface area (Å²) >= 11 is 1.65. The molecule has 2 unspecified atom stereocenters. The Labute approximate surface area is 123 Å². The summed E-state index contributed by atoms with van der Waals surface area (Å²) in [5.74, 6) is -0.811. The Morgan fingerprint density at radius 3 is 2.70 bits per heavy atom. The third kappa shape index (κ3) is 3.27. The van der Waals surface area contributed by atoms with Gasteiger partial charge in [0.1, 0.15) is 10.7 Å². The van der Waals surface area contributed by atoms with E-state index in [1.807, 2.05) is 6.26 Å². The van der Waals surface area contributed by atoms with Gasteiger partial charge in [0.2, 0.25) is 10.0 Å². The van der Waals surface area contributed by atoms with Crippen molar-refractivity contribution in [1.29, 1.82) is 0 Å². The summed E-state index contributed by atoms with van der Waals surface area (Å²) in [6.07, 6.45) is 5.80. The summed E-state index contributed by atoms with van der Waals surface area (Å²) < 4.78 is 41.1. The number of sulfonamides is 1. The van der Waals surface area contributed by atoms with Gasteiger partial charge in [0.05, 0.1) is 5.69 Å². The van der Waals surface area contributed by atoms with Crippen LogP contribution in [0.2, 0.25) is 0 Å². The molecule has 1 aliphatic rings. The third-order valence-corrected chi connectivity index (χ3v) is 6.33. The first kappa shape index (κ1) is 15.6. The first-order chi connectivity index (χ1) is 9.45. The second-order valence-electron chi connectivity index (χ2n) is 4.94. The minimum Gasteiger partial charge on any atom is -0.398 e. The van der Waals surface area contributed by atoms with E-state index in [9.17, 15) is 12.8 Å². The molecule has 1 aromatic rings. The van der Waals surface area contributed by atoms with E-state index in [2.05, 4.69) is 4.72 Å². The van der Waals surface area contributed by atoms with Crippen LogP contribution < -0.4 is 10.5 Å². The molecular formula is C13H19FN2O2S2. The topological polar surface area (TPSA) is 72.2 Å². The average molecular weight is 318 g/mol. The van der Waals surface area contributed by atoms with Gasteiger partial charge in [-0.1, -0.05) is 18.9 Å². The lowest BCUT2D eigenvalue weighted by atomic mass is 9.96. The van der Waals surface area contributed by atoms with Gasteiger partial charge in [0.15, 0.2) is 0 Å². The fourth-order valence-electron chi connectivity index (χ4n) is 2.58. The van der Waals surface area contributed by atoms with Crippen LogP contribution in [0.4, 0.5) is 10.1 Å². The molecule has 7 heteroatoms. The largest absolute Gasteiger partial charge is 0.398 e. The van der Waals surface area contributed by atoms with E-state index in [-0.39, 0.29) is 17.0 Å². The van der Waals surface area contributed by atoms with Gasteiger partial charge < -0.3 is 5.73 Å². The highest BCUT2D eigenvalue weighted by Crippen LogP contribution is 2.29. The van der Waals surface area contributed by atoms with Crippen molar-refractivity contribution >= 4 is 27.5 Å². The van der Waals surface area contributed by atoms with Crippen LogP contribution in [0.3, 0.4) is 0 Å². The molecule has 0 radical (unpaired) electrons. The highest BCUT2D eigenvalue weighted by atomic mass is 32.2. The Morgan fingerprint density at radius 2 is 2.05 bits per heavy atom. The number of nitrogens with two attached hydrogens (primary N) is 1. The number of rotatable bonds is 4. The lowest BCUT2D eigenvalue weighted by Gasteiger charge is -2.30. The lowest BCUT2D eigenvalue weighted by molar-refractivity contribution is 0.422. The summed E-state index contributed by atoms with van der Waals surface area (Å²) in [5.41, 5.74) is 5.55. The molecule has 112 valence electrons. The van der Waals surface area contributed by atoms with E-state index >= 15 is 0 Å². The van der Waals surface area contributed by atoms with Crippen LogP contribution >= 0.6 is 11.8 Å². The average Bonchev–Trinajstić information content (AvgIpc) is 2.38. The molecule has 1 aromatic carbocycles. The predicted molar refractivity (Wildman–Crippen MR) is 80.7 cm³/mol. The van der Waals surface area contributed by atoms with Crippen molar-refractivity contribution in [3.05, 3.63) is 24.0 Å². The van der Waals surface area contributed by atoms with Crippen LogP contribution in [0, 0.1) is 5.82 Å². The maximum atomic E-state index is 13.8. The van der Waals surface area contributed by atoms with E-state index in [1.165, 1.54) is 12.1 Å². The summed E-state index contributed by atoms with van der Waals surface area (Å²) in [6, 6.07) is 3.74. The molecule has 1 fully saturated rings. The van der Waals surface area contributed by atoms with E-state index in [0.717, 1.165) is 31.7 Å². The molecule has 0 spiro atoms. The molecule has 0 amide bonds. The maximum absolute atomic E-state index is 13.8. The normalized spacial score (nSPS) is 23.7. The molecule has 0 saturated heterocycles. The van der Waals surface area contributed by atoms with Crippen molar-refractivity contribution in [2.24, 2.45) is 0 Å². The van der Waals surface area contributed by atoms with E-state index < -0.39 is 20.7 Å². The zero-order valence-electron chi connectivity index (χ0n) is 11.3. The van der Waals surface area contributed by atoms with Gasteiger partial charge in [0.25, 0.3) is 0 Å². The fraction of sp³-hybridized carbons (Fsp3) is 0.538. The van der Waals surface area contributed by atoms with Crippen LogP contribution in [0.1, 0.15) is 25.7 Å². The Kier molecular flexibility index (Phi) is 4.93. The van der Waals surface area contributed by atoms with Crippen molar-refractivity contribution in [2.45, 2.75) is 41.9 Å². The molecule has 0 heterocycles. The molecule has 2 rings (SSSR count). The fourth-order valence-corrected chi connectivity index (χ4v) is 5.10. The van der Waals surface area contributed by atoms with E-state index in [0.29, 0.717) is 0 Å². The first-order valence-electron chi connectivity index (χ1n) is 6.55. The molecule has 1 saturated carbocycles. The van der Waals surface area contributed by atoms with Crippen LogP contribution in [0.25, 0.3) is 0 Å². The minimum atomic E-state index is -3.93. The van der Waals surface area contributed by atoms with Crippen LogP contribution in [-0.2, 0) is 10.0 Å². The molecule has 4 nitrogen and oxygen atoms in total. The Bertz CT molecular complexity index is 557. The van der Waals surface area contributed by atoms with Crippen LogP contribution in [0.15, 0.2) is 23.1 Å². The van der Waals surface area contributed by atoms with Gasteiger partial charge in [-0.3, -0.25) is 0 Å². The molecule has 20 heavy (non-hydrogen) atoms. The molecule has 0 aromatic heterocycles. The second kappa shape index (κ2) is 6.32. The van der Waals surface area contributed by atoms with Crippen molar-refractivity contribution in [3.8, 4) is 0 Å². The molecule has 0 aliphatic heterocycles. The quantitative estimate of drug-likeness (QED) is 0.836. The van der Waals surface area contributed by atoms with Crippen molar-refractivity contribution in [3.63, 3.8) is 0 Å². The number of hydrogen-bond donors (Lipinski definition) is 2. The Morgan fingerprint density at radius 1 is 1.35 bits per heavy atom. The molecule has 1 aliphatic carbocycles. The van der Waals surface area contributed by atoms with Crippen molar-refractivity contribution in [2.75, 3.05) is 12.0 Å². The zero-order valence-corrected chi connectivity index (χ0v) is 12.9. The summed E-state index contributed by atoms with van der Waals surface area (Å²) in [5, 5.41) is 0.228. The standard InChI is InChI=1S/C13H19FN2O2S2/c1-19-12-8-3-2-7-11(12)16-20(17,18)13-9(14)5-4-6-10(13)15/h4-6,11-12,16H,2-3,7-8,15H2,1H3. The van der Waals surface area contributed by atoms with Crippen LogP contribution in [0.5, 0.6) is 0 Å². The Balaban J connectivity index is 2.27. The first-order valence-corrected chi connectivity index (χ1v) is 9.32. The van der Waals surface area contributed by atoms with E-state index in [1.54, 1.807) is 11.8 Å². The SMILES string of the molecule is CSC1CCCCC1NS(=O)(=O)c1c(N)cccc1F. The van der Waals surface area contributed by atoms with Gasteiger partial charge in [-0.15, -0.1) is 0 Å². The highest BCUT2D eigenvalue weighted by molar-refractivity contribution is 7.99. The lowest BCUT2D eigenvalue weighted by Crippen LogP contribution is -2.44. The van der Waals surface area contributed by atoms with Gasteiger partial charge in [0, 0.05) is 11.3 Å². The molecular weight excluding hydrogens is 299 g/mol. The minimum absolute atomic E-state index is 0.0611. The third-order valence-electron chi connectivity index (χ3n) is 3.58. The van der Waals surface area contributed by atoms with E-state index in [4.69, 9.17) is 5.73 Å². The maximum Gasteiger partial charge on any atom is 0.245 e. The van der Waals surface area contributed by atoms with Crippen molar-refractivity contribution < 1.29 is 12.8 Å². The molecule has 3 N–H and O–H groups in total.